The third kappa shape index (κ3) is 3.47. The van der Waals surface area contributed by atoms with Crippen LogP contribution in [-0.2, 0) is 0 Å². The first-order chi connectivity index (χ1) is 13.1. The maximum absolute atomic E-state index is 12.4. The smallest absolute Gasteiger partial charge is 0.255 e. The molecule has 0 spiro atoms. The third-order valence-electron chi connectivity index (χ3n) is 3.97. The van der Waals surface area contributed by atoms with Gasteiger partial charge in [0.15, 0.2) is 11.2 Å². The summed E-state index contributed by atoms with van der Waals surface area (Å²) < 4.78 is 10.8. The number of carbonyl (C=O) groups excluding carboxylic acids is 1. The van der Waals surface area contributed by atoms with Crippen LogP contribution in [0, 0.1) is 0 Å². The zero-order chi connectivity index (χ0) is 18.8. The fourth-order valence-corrected chi connectivity index (χ4v) is 2.86. The summed E-state index contributed by atoms with van der Waals surface area (Å²) in [6.07, 6.45) is 1.67. The summed E-state index contributed by atoms with van der Waals surface area (Å²) in [5.74, 6) is 0.729. The molecule has 2 aromatic carbocycles. The third-order valence-corrected chi connectivity index (χ3v) is 4.26. The number of halogens is 1. The maximum Gasteiger partial charge on any atom is 0.255 e. The molecule has 0 aliphatic heterocycles. The van der Waals surface area contributed by atoms with Crippen LogP contribution in [0.15, 0.2) is 65.2 Å². The molecule has 2 heterocycles. The number of amides is 1. The quantitative estimate of drug-likeness (QED) is 0.551. The molecule has 7 heteroatoms. The zero-order valence-corrected chi connectivity index (χ0v) is 15.0. The molecule has 0 atom stereocenters. The number of pyridine rings is 1. The minimum atomic E-state index is -0.265. The van der Waals surface area contributed by atoms with E-state index in [1.807, 2.05) is 18.2 Å². The second-order valence-corrected chi connectivity index (χ2v) is 6.13. The second kappa shape index (κ2) is 7.09. The van der Waals surface area contributed by atoms with Crippen LogP contribution in [0.25, 0.3) is 22.7 Å². The highest BCUT2D eigenvalue weighted by molar-refractivity contribution is 6.32. The number of hydrogen-bond acceptors (Lipinski definition) is 5. The van der Waals surface area contributed by atoms with Crippen LogP contribution in [0.4, 0.5) is 5.69 Å². The summed E-state index contributed by atoms with van der Waals surface area (Å²) in [5.41, 5.74) is 3.06. The summed E-state index contributed by atoms with van der Waals surface area (Å²) in [5, 5.41) is 3.21. The Kier molecular flexibility index (Phi) is 4.48. The predicted octanol–water partition coefficient (Wildman–Crippen LogP) is 4.80. The van der Waals surface area contributed by atoms with Gasteiger partial charge in [-0.1, -0.05) is 11.6 Å². The van der Waals surface area contributed by atoms with Crippen LogP contribution in [0.1, 0.15) is 10.4 Å². The van der Waals surface area contributed by atoms with Crippen molar-refractivity contribution in [3.63, 3.8) is 0 Å². The summed E-state index contributed by atoms with van der Waals surface area (Å²) in [7, 11) is 1.52. The van der Waals surface area contributed by atoms with Crippen molar-refractivity contribution in [3.05, 3.63) is 71.4 Å². The van der Waals surface area contributed by atoms with Crippen LogP contribution in [0.5, 0.6) is 5.75 Å². The van der Waals surface area contributed by atoms with E-state index in [1.165, 1.54) is 7.11 Å². The van der Waals surface area contributed by atoms with E-state index in [0.717, 1.165) is 5.56 Å². The fraction of sp³-hybridized carbons (Fsp3) is 0.0500. The van der Waals surface area contributed by atoms with Gasteiger partial charge in [0.1, 0.15) is 5.75 Å². The standard InChI is InChI=1S/C20H14ClN3O3/c1-26-16-9-6-13(11-15(16)21)19(25)23-14-7-4-12(5-8-14)20-24-18-17(27-20)3-2-10-22-18/h2-11H,1H3,(H,23,25). The molecule has 1 N–H and O–H groups in total. The minimum absolute atomic E-state index is 0.265. The Hall–Kier alpha value is -3.38. The average molecular weight is 380 g/mol. The number of nitrogens with one attached hydrogen (secondary N) is 1. The lowest BCUT2D eigenvalue weighted by Gasteiger charge is -2.08. The van der Waals surface area contributed by atoms with Gasteiger partial charge in [0.05, 0.1) is 12.1 Å². The molecule has 2 aromatic heterocycles. The number of nitrogens with zero attached hydrogens (tertiary/aromatic N) is 2. The number of benzene rings is 2. The van der Waals surface area contributed by atoms with Crippen LogP contribution in [0.2, 0.25) is 5.02 Å². The molecular weight excluding hydrogens is 366 g/mol. The Morgan fingerprint density at radius 2 is 1.96 bits per heavy atom. The fourth-order valence-electron chi connectivity index (χ4n) is 2.60. The van der Waals surface area contributed by atoms with Gasteiger partial charge in [-0.15, -0.1) is 0 Å². The van der Waals surface area contributed by atoms with Crippen molar-refractivity contribution in [3.8, 4) is 17.2 Å². The maximum atomic E-state index is 12.4. The molecule has 27 heavy (non-hydrogen) atoms. The SMILES string of the molecule is COc1ccc(C(=O)Nc2ccc(-c3nc4ncccc4o3)cc2)cc1Cl. The van der Waals surface area contributed by atoms with Crippen molar-refractivity contribution in [2.75, 3.05) is 12.4 Å². The largest absolute Gasteiger partial charge is 0.495 e. The first kappa shape index (κ1) is 17.1. The van der Waals surface area contributed by atoms with Crippen LogP contribution in [0.3, 0.4) is 0 Å². The predicted molar refractivity (Wildman–Crippen MR) is 103 cm³/mol. The van der Waals surface area contributed by atoms with E-state index in [9.17, 15) is 4.79 Å². The van der Waals surface area contributed by atoms with Crippen LogP contribution < -0.4 is 10.1 Å². The lowest BCUT2D eigenvalue weighted by molar-refractivity contribution is 0.102. The Balaban J connectivity index is 1.52. The Morgan fingerprint density at radius 3 is 2.67 bits per heavy atom. The van der Waals surface area contributed by atoms with Crippen molar-refractivity contribution in [1.29, 1.82) is 0 Å². The van der Waals surface area contributed by atoms with E-state index < -0.39 is 0 Å². The van der Waals surface area contributed by atoms with Gasteiger partial charge in [-0.05, 0) is 54.6 Å². The van der Waals surface area contributed by atoms with Gasteiger partial charge < -0.3 is 14.5 Å². The lowest BCUT2D eigenvalue weighted by atomic mass is 10.1. The molecule has 0 fully saturated rings. The monoisotopic (exact) mass is 379 g/mol. The second-order valence-electron chi connectivity index (χ2n) is 5.72. The van der Waals surface area contributed by atoms with Crippen LogP contribution >= 0.6 is 11.6 Å². The van der Waals surface area contributed by atoms with Gasteiger partial charge in [-0.3, -0.25) is 4.79 Å². The first-order valence-electron chi connectivity index (χ1n) is 8.11. The molecule has 0 radical (unpaired) electrons. The highest BCUT2D eigenvalue weighted by atomic mass is 35.5. The molecule has 0 bridgehead atoms. The zero-order valence-electron chi connectivity index (χ0n) is 14.3. The number of ether oxygens (including phenoxy) is 1. The first-order valence-corrected chi connectivity index (χ1v) is 8.49. The number of fused-ring (bicyclic) bond motifs is 1. The normalized spacial score (nSPS) is 10.7. The Morgan fingerprint density at radius 1 is 1.15 bits per heavy atom. The van der Waals surface area contributed by atoms with Crippen molar-refractivity contribution in [2.24, 2.45) is 0 Å². The van der Waals surface area contributed by atoms with E-state index in [2.05, 4.69) is 15.3 Å². The number of aromatic nitrogens is 2. The van der Waals surface area contributed by atoms with Crippen molar-refractivity contribution < 1.29 is 13.9 Å². The van der Waals surface area contributed by atoms with Crippen molar-refractivity contribution >= 4 is 34.4 Å². The van der Waals surface area contributed by atoms with E-state index in [-0.39, 0.29) is 5.91 Å². The van der Waals surface area contributed by atoms with Gasteiger partial charge in [-0.25, -0.2) is 4.98 Å². The molecule has 6 nitrogen and oxygen atoms in total. The molecular formula is C20H14ClN3O3. The minimum Gasteiger partial charge on any atom is -0.495 e. The van der Waals surface area contributed by atoms with Gasteiger partial charge in [0.25, 0.3) is 5.91 Å². The average Bonchev–Trinajstić information content (AvgIpc) is 3.12. The number of hydrogen-bond donors (Lipinski definition) is 1. The summed E-state index contributed by atoms with van der Waals surface area (Å²) >= 11 is 6.07. The number of carbonyl (C=O) groups is 1. The molecule has 4 aromatic rings. The van der Waals surface area contributed by atoms with E-state index >= 15 is 0 Å². The lowest BCUT2D eigenvalue weighted by Crippen LogP contribution is -2.11. The topological polar surface area (TPSA) is 77.2 Å². The van der Waals surface area contributed by atoms with E-state index in [0.29, 0.717) is 39.1 Å². The van der Waals surface area contributed by atoms with Crippen molar-refractivity contribution in [2.45, 2.75) is 0 Å². The highest BCUT2D eigenvalue weighted by Gasteiger charge is 2.11. The number of methoxy groups -OCH3 is 1. The van der Waals surface area contributed by atoms with Gasteiger partial charge in [0.2, 0.25) is 5.89 Å². The molecule has 0 unspecified atom stereocenters. The summed E-state index contributed by atoms with van der Waals surface area (Å²) in [4.78, 5) is 20.9. The van der Waals surface area contributed by atoms with Gasteiger partial charge in [0, 0.05) is 23.0 Å². The number of oxazole rings is 1. The molecule has 0 saturated carbocycles. The van der Waals surface area contributed by atoms with Crippen molar-refractivity contribution in [1.82, 2.24) is 9.97 Å². The molecule has 1 amide bonds. The molecule has 4 rings (SSSR count). The summed E-state index contributed by atoms with van der Waals surface area (Å²) in [6.45, 7) is 0. The van der Waals surface area contributed by atoms with Crippen LogP contribution in [-0.4, -0.2) is 23.0 Å². The summed E-state index contributed by atoms with van der Waals surface area (Å²) in [6, 6.07) is 15.7. The highest BCUT2D eigenvalue weighted by Crippen LogP contribution is 2.26. The molecule has 0 aliphatic carbocycles. The Bertz CT molecular complexity index is 1090. The van der Waals surface area contributed by atoms with E-state index in [1.54, 1.807) is 42.6 Å². The molecule has 0 aliphatic rings. The van der Waals surface area contributed by atoms with E-state index in [4.69, 9.17) is 20.8 Å². The Labute approximate surface area is 159 Å². The van der Waals surface area contributed by atoms with Gasteiger partial charge in [-0.2, -0.15) is 4.98 Å². The number of rotatable bonds is 4. The van der Waals surface area contributed by atoms with Gasteiger partial charge >= 0.3 is 0 Å². The molecule has 134 valence electrons. The number of anilines is 1. The molecule has 0 saturated heterocycles.